The van der Waals surface area contributed by atoms with E-state index in [0.29, 0.717) is 6.61 Å². The Kier molecular flexibility index (Phi) is 3.04. The number of cyclic esters (lactones) is 2. The molecule has 1 aromatic heterocycles. The first-order valence-corrected chi connectivity index (χ1v) is 9.15. The molecule has 5 nitrogen and oxygen atoms in total. The van der Waals surface area contributed by atoms with Gasteiger partial charge in [0.1, 0.15) is 12.7 Å². The summed E-state index contributed by atoms with van der Waals surface area (Å²) in [4.78, 5) is 25.0. The number of allylic oxidation sites excluding steroid dienone is 1. The van der Waals surface area contributed by atoms with Crippen molar-refractivity contribution in [3.8, 4) is 0 Å². The van der Waals surface area contributed by atoms with Gasteiger partial charge in [-0.05, 0) is 49.5 Å². The first-order valence-electron chi connectivity index (χ1n) is 9.15. The number of hydrogen-bond donors (Lipinski definition) is 0. The molecule has 3 fully saturated rings. The predicted molar refractivity (Wildman–Crippen MR) is 87.2 cm³/mol. The number of carbonyl (C=O) groups is 2. The van der Waals surface area contributed by atoms with Crippen LogP contribution in [0.2, 0.25) is 0 Å². The van der Waals surface area contributed by atoms with E-state index in [4.69, 9.17) is 13.9 Å². The van der Waals surface area contributed by atoms with E-state index >= 15 is 0 Å². The Bertz CT molecular complexity index is 763. The van der Waals surface area contributed by atoms with Crippen LogP contribution in [0, 0.1) is 22.7 Å². The molecule has 0 bridgehead atoms. The maximum absolute atomic E-state index is 12.8. The van der Waals surface area contributed by atoms with Crippen molar-refractivity contribution in [3.63, 3.8) is 0 Å². The number of rotatable bonds is 1. The van der Waals surface area contributed by atoms with Crippen molar-refractivity contribution in [2.75, 3.05) is 6.61 Å². The fraction of sp³-hybridized carbons (Fsp3) is 0.600. The van der Waals surface area contributed by atoms with E-state index in [2.05, 4.69) is 13.0 Å². The molecule has 2 aliphatic carbocycles. The van der Waals surface area contributed by atoms with E-state index in [1.165, 1.54) is 0 Å². The van der Waals surface area contributed by atoms with Crippen LogP contribution in [0.25, 0.3) is 0 Å². The van der Waals surface area contributed by atoms with Gasteiger partial charge < -0.3 is 13.9 Å². The lowest BCUT2D eigenvalue weighted by molar-refractivity contribution is -0.192. The van der Waals surface area contributed by atoms with Gasteiger partial charge in [-0.25, -0.2) is 4.79 Å². The molecule has 1 aromatic rings. The van der Waals surface area contributed by atoms with E-state index in [1.807, 2.05) is 6.07 Å². The van der Waals surface area contributed by atoms with Crippen LogP contribution in [-0.2, 0) is 19.1 Å². The summed E-state index contributed by atoms with van der Waals surface area (Å²) in [6.07, 6.45) is 9.33. The highest BCUT2D eigenvalue weighted by molar-refractivity contribution is 5.93. The number of ether oxygens (including phenoxy) is 2. The third-order valence-electron chi connectivity index (χ3n) is 7.24. The quantitative estimate of drug-likeness (QED) is 0.730. The maximum atomic E-state index is 12.8. The highest BCUT2D eigenvalue weighted by Crippen LogP contribution is 2.66. The average Bonchev–Trinajstić information content (AvgIpc) is 3.23. The van der Waals surface area contributed by atoms with E-state index in [1.54, 1.807) is 12.5 Å². The Morgan fingerprint density at radius 3 is 2.92 bits per heavy atom. The minimum Gasteiger partial charge on any atom is -0.472 e. The van der Waals surface area contributed by atoms with Crippen molar-refractivity contribution < 1.29 is 23.5 Å². The van der Waals surface area contributed by atoms with Gasteiger partial charge in [-0.2, -0.15) is 0 Å². The highest BCUT2D eigenvalue weighted by atomic mass is 16.5. The van der Waals surface area contributed by atoms with Gasteiger partial charge >= 0.3 is 11.9 Å². The van der Waals surface area contributed by atoms with Gasteiger partial charge in [0.15, 0.2) is 0 Å². The largest absolute Gasteiger partial charge is 0.472 e. The summed E-state index contributed by atoms with van der Waals surface area (Å²) in [5, 5.41) is 0. The standard InChI is InChI=1S/C20H22O5/c1-19-9-15(12-6-8-23-10-12)25-18(22)13(19)5-7-20-11-24-17(21)14(20)3-2-4-16(19)20/h3,6,8,10,13,15-16H,2,4-5,7,9,11H2,1H3/t13-,15+,16+,19-,20?/m0/s1. The summed E-state index contributed by atoms with van der Waals surface area (Å²) in [6, 6.07) is 1.87. The van der Waals surface area contributed by atoms with Crippen molar-refractivity contribution in [2.45, 2.75) is 45.1 Å². The van der Waals surface area contributed by atoms with Gasteiger partial charge in [-0.15, -0.1) is 0 Å². The molecular formula is C20H22O5. The van der Waals surface area contributed by atoms with Crippen molar-refractivity contribution in [3.05, 3.63) is 35.8 Å². The number of esters is 2. The van der Waals surface area contributed by atoms with Crippen LogP contribution in [0.1, 0.15) is 50.7 Å². The van der Waals surface area contributed by atoms with Crippen LogP contribution in [0.4, 0.5) is 0 Å². The molecule has 5 atom stereocenters. The molecule has 5 rings (SSSR count). The van der Waals surface area contributed by atoms with Gasteiger partial charge in [0.25, 0.3) is 0 Å². The summed E-state index contributed by atoms with van der Waals surface area (Å²) >= 11 is 0. The zero-order valence-corrected chi connectivity index (χ0v) is 14.3. The second-order valence-electron chi connectivity index (χ2n) is 8.26. The Balaban J connectivity index is 1.57. The lowest BCUT2D eigenvalue weighted by atomic mass is 9.46. The van der Waals surface area contributed by atoms with Crippen LogP contribution in [-0.4, -0.2) is 18.5 Å². The topological polar surface area (TPSA) is 65.7 Å². The maximum Gasteiger partial charge on any atom is 0.334 e. The first-order chi connectivity index (χ1) is 12.0. The summed E-state index contributed by atoms with van der Waals surface area (Å²) < 4.78 is 16.4. The highest BCUT2D eigenvalue weighted by Gasteiger charge is 2.65. The molecule has 0 radical (unpaired) electrons. The molecule has 1 saturated carbocycles. The lowest BCUT2D eigenvalue weighted by Crippen LogP contribution is -2.57. The number of carbonyl (C=O) groups excluding carboxylic acids is 2. The number of hydrogen-bond acceptors (Lipinski definition) is 5. The first kappa shape index (κ1) is 15.2. The lowest BCUT2D eigenvalue weighted by Gasteiger charge is -2.58. The van der Waals surface area contributed by atoms with Crippen LogP contribution in [0.15, 0.2) is 34.7 Å². The third-order valence-corrected chi connectivity index (χ3v) is 7.24. The minimum absolute atomic E-state index is 0.0960. The molecule has 0 aromatic carbocycles. The van der Waals surface area contributed by atoms with E-state index < -0.39 is 0 Å². The molecule has 0 N–H and O–H groups in total. The molecule has 5 heteroatoms. The molecular weight excluding hydrogens is 320 g/mol. The van der Waals surface area contributed by atoms with E-state index in [0.717, 1.165) is 43.2 Å². The van der Waals surface area contributed by atoms with E-state index in [9.17, 15) is 9.59 Å². The SMILES string of the molecule is C[C@]12C[C@H](c3ccoc3)OC(=O)[C@@H]1CCC13COC(=O)C1=CCC[C@@H]32. The zero-order valence-electron chi connectivity index (χ0n) is 14.3. The molecule has 1 unspecified atom stereocenters. The molecule has 1 spiro atoms. The Hall–Kier alpha value is -2.04. The van der Waals surface area contributed by atoms with Gasteiger partial charge in [0.2, 0.25) is 0 Å². The number of furan rings is 1. The van der Waals surface area contributed by atoms with Gasteiger partial charge in [0.05, 0.1) is 18.4 Å². The summed E-state index contributed by atoms with van der Waals surface area (Å²) in [6.45, 7) is 2.69. The third kappa shape index (κ3) is 1.89. The Morgan fingerprint density at radius 2 is 2.12 bits per heavy atom. The molecule has 0 amide bonds. The molecule has 2 saturated heterocycles. The second-order valence-corrected chi connectivity index (χ2v) is 8.26. The smallest absolute Gasteiger partial charge is 0.334 e. The fourth-order valence-corrected chi connectivity index (χ4v) is 6.09. The minimum atomic E-state index is -0.268. The Morgan fingerprint density at radius 1 is 1.24 bits per heavy atom. The van der Waals surface area contributed by atoms with Gasteiger partial charge in [-0.1, -0.05) is 13.0 Å². The van der Waals surface area contributed by atoms with Crippen LogP contribution in [0.5, 0.6) is 0 Å². The predicted octanol–water partition coefficient (Wildman–Crippen LogP) is 3.56. The normalized spacial score (nSPS) is 42.6. The van der Waals surface area contributed by atoms with Gasteiger partial charge in [-0.3, -0.25) is 4.79 Å². The van der Waals surface area contributed by atoms with Crippen molar-refractivity contribution in [1.29, 1.82) is 0 Å². The molecule has 4 aliphatic rings. The zero-order chi connectivity index (χ0) is 17.2. The summed E-state index contributed by atoms with van der Waals surface area (Å²) in [5.74, 6) is -0.0820. The van der Waals surface area contributed by atoms with E-state index in [-0.39, 0.29) is 40.7 Å². The summed E-state index contributed by atoms with van der Waals surface area (Å²) in [7, 11) is 0. The average molecular weight is 342 g/mol. The molecule has 2 aliphatic heterocycles. The van der Waals surface area contributed by atoms with Crippen LogP contribution in [0.3, 0.4) is 0 Å². The Labute approximate surface area is 146 Å². The molecule has 132 valence electrons. The summed E-state index contributed by atoms with van der Waals surface area (Å²) in [5.41, 5.74) is 1.38. The van der Waals surface area contributed by atoms with Crippen molar-refractivity contribution in [1.82, 2.24) is 0 Å². The van der Waals surface area contributed by atoms with Crippen LogP contribution >= 0.6 is 0 Å². The van der Waals surface area contributed by atoms with Crippen LogP contribution < -0.4 is 0 Å². The molecule has 25 heavy (non-hydrogen) atoms. The fourth-order valence-electron chi connectivity index (χ4n) is 6.09. The number of fused-ring (bicyclic) bond motifs is 2. The van der Waals surface area contributed by atoms with Crippen molar-refractivity contribution in [2.24, 2.45) is 22.7 Å². The monoisotopic (exact) mass is 342 g/mol. The van der Waals surface area contributed by atoms with Gasteiger partial charge in [0, 0.05) is 16.6 Å². The molecule has 3 heterocycles. The van der Waals surface area contributed by atoms with Crippen molar-refractivity contribution >= 4 is 11.9 Å². The second kappa shape index (κ2) is 4.99.